The summed E-state index contributed by atoms with van der Waals surface area (Å²) in [7, 11) is 0. The lowest BCUT2D eigenvalue weighted by Crippen LogP contribution is -1.95. The van der Waals surface area contributed by atoms with E-state index in [1.165, 1.54) is 5.56 Å². The van der Waals surface area contributed by atoms with E-state index < -0.39 is 0 Å². The molecule has 3 rings (SSSR count). The highest BCUT2D eigenvalue weighted by atomic mass is 14.9. The first-order valence-electron chi connectivity index (χ1n) is 5.16. The first kappa shape index (κ1) is 9.09. The van der Waals surface area contributed by atoms with Crippen molar-refractivity contribution in [3.63, 3.8) is 0 Å². The van der Waals surface area contributed by atoms with Crippen molar-refractivity contribution in [2.24, 2.45) is 0 Å². The number of nitrogens with zero attached hydrogens (tertiary/aromatic N) is 2. The Morgan fingerprint density at radius 2 is 2.00 bits per heavy atom. The minimum Gasteiger partial charge on any atom is -0.382 e. The normalized spacial score (nSPS) is 11.1. The van der Waals surface area contributed by atoms with Gasteiger partial charge in [0.05, 0.1) is 5.52 Å². The van der Waals surface area contributed by atoms with Gasteiger partial charge in [-0.3, -0.25) is 4.98 Å². The summed E-state index contributed by atoms with van der Waals surface area (Å²) in [5.41, 5.74) is 8.80. The number of nitrogen functional groups attached to an aromatic ring is 1. The Labute approximate surface area is 92.9 Å². The van der Waals surface area contributed by atoms with Crippen LogP contribution in [0.1, 0.15) is 5.56 Å². The van der Waals surface area contributed by atoms with Gasteiger partial charge in [-0.05, 0) is 25.1 Å². The summed E-state index contributed by atoms with van der Waals surface area (Å²) in [6.07, 6.45) is 1.74. The van der Waals surface area contributed by atoms with E-state index in [9.17, 15) is 0 Å². The standard InChI is InChI=1S/C13H11N3/c1-8-4-5-11-10(7-8)9-3-2-6-15-12(9)13(14)16-11/h2-7H,1H3,(H2,14,16). The molecular formula is C13H11N3. The Morgan fingerprint density at radius 1 is 1.12 bits per heavy atom. The van der Waals surface area contributed by atoms with Crippen LogP contribution in [0.15, 0.2) is 36.5 Å². The zero-order valence-electron chi connectivity index (χ0n) is 8.94. The second-order valence-electron chi connectivity index (χ2n) is 3.92. The zero-order chi connectivity index (χ0) is 11.1. The molecule has 0 atom stereocenters. The molecule has 0 unspecified atom stereocenters. The fourth-order valence-electron chi connectivity index (χ4n) is 1.97. The average Bonchev–Trinajstić information content (AvgIpc) is 2.31. The van der Waals surface area contributed by atoms with Gasteiger partial charge in [-0.1, -0.05) is 17.7 Å². The average molecular weight is 209 g/mol. The molecule has 0 radical (unpaired) electrons. The van der Waals surface area contributed by atoms with Crippen molar-refractivity contribution in [2.75, 3.05) is 5.73 Å². The molecule has 0 amide bonds. The zero-order valence-corrected chi connectivity index (χ0v) is 8.94. The second-order valence-corrected chi connectivity index (χ2v) is 3.92. The lowest BCUT2D eigenvalue weighted by atomic mass is 10.1. The first-order chi connectivity index (χ1) is 7.75. The smallest absolute Gasteiger partial charge is 0.150 e. The van der Waals surface area contributed by atoms with E-state index in [2.05, 4.69) is 23.0 Å². The van der Waals surface area contributed by atoms with Crippen LogP contribution >= 0.6 is 0 Å². The first-order valence-corrected chi connectivity index (χ1v) is 5.16. The summed E-state index contributed by atoms with van der Waals surface area (Å²) < 4.78 is 0. The van der Waals surface area contributed by atoms with Gasteiger partial charge in [0.1, 0.15) is 5.52 Å². The van der Waals surface area contributed by atoms with Gasteiger partial charge in [0, 0.05) is 17.0 Å². The minimum absolute atomic E-state index is 0.493. The molecule has 2 N–H and O–H groups in total. The van der Waals surface area contributed by atoms with Crippen LogP contribution in [0.5, 0.6) is 0 Å². The minimum atomic E-state index is 0.493. The van der Waals surface area contributed by atoms with Crippen molar-refractivity contribution in [3.05, 3.63) is 42.1 Å². The fourth-order valence-corrected chi connectivity index (χ4v) is 1.97. The highest BCUT2D eigenvalue weighted by Gasteiger charge is 2.06. The summed E-state index contributed by atoms with van der Waals surface area (Å²) in [5, 5.41) is 2.17. The molecule has 2 heterocycles. The van der Waals surface area contributed by atoms with Gasteiger partial charge in [-0.25, -0.2) is 4.98 Å². The number of benzene rings is 1. The molecule has 2 aromatic heterocycles. The number of pyridine rings is 2. The summed E-state index contributed by atoms with van der Waals surface area (Å²) in [6, 6.07) is 10.1. The maximum Gasteiger partial charge on any atom is 0.150 e. The third kappa shape index (κ3) is 1.21. The largest absolute Gasteiger partial charge is 0.382 e. The van der Waals surface area contributed by atoms with Gasteiger partial charge in [0.25, 0.3) is 0 Å². The number of fused-ring (bicyclic) bond motifs is 3. The van der Waals surface area contributed by atoms with Crippen molar-refractivity contribution < 1.29 is 0 Å². The van der Waals surface area contributed by atoms with Crippen LogP contribution < -0.4 is 5.73 Å². The third-order valence-corrected chi connectivity index (χ3v) is 2.73. The van der Waals surface area contributed by atoms with Crippen molar-refractivity contribution in [1.82, 2.24) is 9.97 Å². The summed E-state index contributed by atoms with van der Waals surface area (Å²) in [4.78, 5) is 8.63. The van der Waals surface area contributed by atoms with Crippen LogP contribution in [-0.2, 0) is 0 Å². The molecule has 0 bridgehead atoms. The van der Waals surface area contributed by atoms with Crippen molar-refractivity contribution in [3.8, 4) is 0 Å². The molecule has 78 valence electrons. The number of aromatic nitrogens is 2. The predicted molar refractivity (Wildman–Crippen MR) is 66.2 cm³/mol. The summed E-state index contributed by atoms with van der Waals surface area (Å²) in [6.45, 7) is 2.07. The van der Waals surface area contributed by atoms with Crippen LogP contribution in [0.4, 0.5) is 5.82 Å². The Bertz CT molecular complexity index is 689. The van der Waals surface area contributed by atoms with Gasteiger partial charge in [-0.2, -0.15) is 0 Å². The van der Waals surface area contributed by atoms with E-state index in [1.54, 1.807) is 6.20 Å². The van der Waals surface area contributed by atoms with Gasteiger partial charge >= 0.3 is 0 Å². The lowest BCUT2D eigenvalue weighted by Gasteiger charge is -2.05. The Kier molecular flexibility index (Phi) is 1.80. The van der Waals surface area contributed by atoms with Crippen molar-refractivity contribution in [2.45, 2.75) is 6.92 Å². The van der Waals surface area contributed by atoms with E-state index in [-0.39, 0.29) is 0 Å². The number of hydrogen-bond acceptors (Lipinski definition) is 3. The summed E-state index contributed by atoms with van der Waals surface area (Å²) >= 11 is 0. The highest BCUT2D eigenvalue weighted by Crippen LogP contribution is 2.26. The Balaban J connectivity index is 2.61. The number of nitrogens with two attached hydrogens (primary N) is 1. The number of anilines is 1. The number of hydrogen-bond donors (Lipinski definition) is 1. The summed E-state index contributed by atoms with van der Waals surface area (Å²) in [5.74, 6) is 0.493. The maximum absolute atomic E-state index is 5.89. The highest BCUT2D eigenvalue weighted by molar-refractivity contribution is 6.08. The van der Waals surface area contributed by atoms with Gasteiger partial charge < -0.3 is 5.73 Å². The molecule has 0 aliphatic rings. The lowest BCUT2D eigenvalue weighted by molar-refractivity contribution is 1.36. The SMILES string of the molecule is Cc1ccc2nc(N)c3ncccc3c2c1. The molecular weight excluding hydrogens is 198 g/mol. The molecule has 0 aliphatic carbocycles. The Hall–Kier alpha value is -2.16. The van der Waals surface area contributed by atoms with E-state index >= 15 is 0 Å². The number of aryl methyl sites for hydroxylation is 1. The van der Waals surface area contributed by atoms with Crippen LogP contribution in [0.25, 0.3) is 21.8 Å². The van der Waals surface area contributed by atoms with Crippen molar-refractivity contribution >= 4 is 27.6 Å². The molecule has 3 aromatic rings. The van der Waals surface area contributed by atoms with Crippen LogP contribution in [0, 0.1) is 6.92 Å². The second kappa shape index (κ2) is 3.17. The molecule has 0 saturated carbocycles. The molecule has 16 heavy (non-hydrogen) atoms. The Morgan fingerprint density at radius 3 is 2.88 bits per heavy atom. The molecule has 0 spiro atoms. The van der Waals surface area contributed by atoms with Crippen molar-refractivity contribution in [1.29, 1.82) is 0 Å². The monoisotopic (exact) mass is 209 g/mol. The molecule has 3 nitrogen and oxygen atoms in total. The van der Waals surface area contributed by atoms with Gasteiger partial charge in [0.15, 0.2) is 5.82 Å². The van der Waals surface area contributed by atoms with E-state index in [4.69, 9.17) is 5.73 Å². The maximum atomic E-state index is 5.89. The van der Waals surface area contributed by atoms with Crippen LogP contribution in [0.3, 0.4) is 0 Å². The molecule has 0 aliphatic heterocycles. The topological polar surface area (TPSA) is 51.8 Å². The fraction of sp³-hybridized carbons (Fsp3) is 0.0769. The van der Waals surface area contributed by atoms with Crippen LogP contribution in [0.2, 0.25) is 0 Å². The van der Waals surface area contributed by atoms with E-state index in [0.29, 0.717) is 5.82 Å². The third-order valence-electron chi connectivity index (χ3n) is 2.73. The van der Waals surface area contributed by atoms with Gasteiger partial charge in [-0.15, -0.1) is 0 Å². The molecule has 0 fully saturated rings. The van der Waals surface area contributed by atoms with Gasteiger partial charge in [0.2, 0.25) is 0 Å². The number of rotatable bonds is 0. The van der Waals surface area contributed by atoms with E-state index in [0.717, 1.165) is 21.8 Å². The molecule has 3 heteroatoms. The quantitative estimate of drug-likeness (QED) is 0.579. The molecule has 1 aromatic carbocycles. The van der Waals surface area contributed by atoms with E-state index in [1.807, 2.05) is 24.3 Å². The predicted octanol–water partition coefficient (Wildman–Crippen LogP) is 2.67. The van der Waals surface area contributed by atoms with Crippen LogP contribution in [-0.4, -0.2) is 9.97 Å². The molecule has 0 saturated heterocycles.